The van der Waals surface area contributed by atoms with Crippen LogP contribution < -0.4 is 21.3 Å². The minimum absolute atomic E-state index is 0.0670. The second-order valence-electron chi connectivity index (χ2n) is 17.2. The maximum absolute atomic E-state index is 14.7. The summed E-state index contributed by atoms with van der Waals surface area (Å²) in [7, 11) is -3.56. The number of hydrogen-bond acceptors (Lipinski definition) is 7. The van der Waals surface area contributed by atoms with Crippen LogP contribution in [-0.2, 0) is 29.0 Å². The van der Waals surface area contributed by atoms with Gasteiger partial charge in [0.05, 0.1) is 22.1 Å². The van der Waals surface area contributed by atoms with Gasteiger partial charge in [-0.1, -0.05) is 72.3 Å². The van der Waals surface area contributed by atoms with Crippen LogP contribution in [0.3, 0.4) is 0 Å². The van der Waals surface area contributed by atoms with Crippen molar-refractivity contribution in [2.24, 2.45) is 22.7 Å². The molecule has 5 atom stereocenters. The van der Waals surface area contributed by atoms with E-state index in [1.807, 2.05) is 13.8 Å². The third kappa shape index (κ3) is 8.23. The Labute approximate surface area is 299 Å². The van der Waals surface area contributed by atoms with Gasteiger partial charge < -0.3 is 26.2 Å². The molecule has 282 valence electrons. The van der Waals surface area contributed by atoms with Gasteiger partial charge in [-0.15, -0.1) is 6.58 Å². The quantitative estimate of drug-likeness (QED) is 0.156. The summed E-state index contributed by atoms with van der Waals surface area (Å²) >= 11 is 0. The summed E-state index contributed by atoms with van der Waals surface area (Å²) in [5.74, 6) is -2.63. The number of nitrogens with one attached hydrogen (secondary N) is 4. The molecule has 0 radical (unpaired) electrons. The van der Waals surface area contributed by atoms with Gasteiger partial charge in [-0.05, 0) is 75.5 Å². The Morgan fingerprint density at radius 3 is 2.10 bits per heavy atom. The first-order chi connectivity index (χ1) is 23.2. The molecule has 0 aromatic rings. The van der Waals surface area contributed by atoms with E-state index in [0.717, 1.165) is 32.1 Å². The number of fused-ring (bicyclic) bond motifs is 1. The number of Topliss-reactive ketones (excluding diaryl/α,β-unsaturated/α-hetero) is 1. The molecule has 1 aliphatic heterocycles. The van der Waals surface area contributed by atoms with Gasteiger partial charge in [0.15, 0.2) is 9.84 Å². The average Bonchev–Trinajstić information content (AvgIpc) is 3.39. The molecule has 50 heavy (non-hydrogen) atoms. The van der Waals surface area contributed by atoms with Crippen molar-refractivity contribution in [1.29, 1.82) is 0 Å². The van der Waals surface area contributed by atoms with Crippen molar-refractivity contribution < 1.29 is 32.4 Å². The molecule has 12 nitrogen and oxygen atoms in total. The molecule has 5 amide bonds. The van der Waals surface area contributed by atoms with Crippen LogP contribution in [0.2, 0.25) is 0 Å². The number of ketones is 1. The Morgan fingerprint density at radius 2 is 1.54 bits per heavy atom. The van der Waals surface area contributed by atoms with E-state index in [2.05, 4.69) is 41.7 Å². The summed E-state index contributed by atoms with van der Waals surface area (Å²) in [5.41, 5.74) is -1.72. The molecule has 2 unspecified atom stereocenters. The van der Waals surface area contributed by atoms with Crippen LogP contribution in [0.15, 0.2) is 12.7 Å². The monoisotopic (exact) mass is 719 g/mol. The zero-order valence-corrected chi connectivity index (χ0v) is 32.1. The van der Waals surface area contributed by atoms with E-state index in [9.17, 15) is 32.4 Å². The topological polar surface area (TPSA) is 171 Å². The van der Waals surface area contributed by atoms with Gasteiger partial charge in [0.2, 0.25) is 17.6 Å². The van der Waals surface area contributed by atoms with E-state index in [1.54, 1.807) is 25.7 Å². The van der Waals surface area contributed by atoms with Gasteiger partial charge in [0.25, 0.3) is 5.91 Å². The molecule has 1 heterocycles. The van der Waals surface area contributed by atoms with Crippen LogP contribution in [0.4, 0.5) is 4.79 Å². The molecule has 3 aliphatic carbocycles. The summed E-state index contributed by atoms with van der Waals surface area (Å²) in [6.07, 6.45) is 9.10. The molecule has 0 aromatic heterocycles. The maximum Gasteiger partial charge on any atom is 0.315 e. The van der Waals surface area contributed by atoms with Crippen LogP contribution in [0, 0.1) is 22.7 Å². The van der Waals surface area contributed by atoms with Crippen molar-refractivity contribution in [1.82, 2.24) is 26.2 Å². The van der Waals surface area contributed by atoms with E-state index < -0.39 is 67.3 Å². The molecule has 1 saturated heterocycles. The van der Waals surface area contributed by atoms with Gasteiger partial charge in [-0.3, -0.25) is 19.2 Å². The Morgan fingerprint density at radius 1 is 0.940 bits per heavy atom. The lowest BCUT2D eigenvalue weighted by molar-refractivity contribution is -0.145. The molecule has 4 N–H and O–H groups in total. The number of rotatable bonds is 14. The summed E-state index contributed by atoms with van der Waals surface area (Å²) in [6, 6.07) is -3.44. The molecule has 0 aromatic carbocycles. The summed E-state index contributed by atoms with van der Waals surface area (Å²) in [6.45, 7) is 17.0. The fraction of sp³-hybridized carbons (Fsp3) is 0.811. The second-order valence-corrected chi connectivity index (χ2v) is 19.9. The molecule has 3 saturated carbocycles. The second kappa shape index (κ2) is 14.9. The lowest BCUT2D eigenvalue weighted by Gasteiger charge is -2.42. The minimum atomic E-state index is -3.56. The van der Waals surface area contributed by atoms with Crippen LogP contribution in [-0.4, -0.2) is 90.1 Å². The van der Waals surface area contributed by atoms with E-state index in [1.165, 1.54) is 6.08 Å². The molecule has 13 heteroatoms. The van der Waals surface area contributed by atoms with Gasteiger partial charge in [-0.2, -0.15) is 0 Å². The third-order valence-electron chi connectivity index (χ3n) is 12.2. The van der Waals surface area contributed by atoms with Crippen molar-refractivity contribution in [2.45, 2.75) is 148 Å². The number of nitrogens with zero attached hydrogens (tertiary/aromatic N) is 1. The van der Waals surface area contributed by atoms with E-state index in [0.29, 0.717) is 38.6 Å². The van der Waals surface area contributed by atoms with Crippen LogP contribution in [0.1, 0.15) is 119 Å². The largest absolute Gasteiger partial charge is 0.346 e. The SMILES string of the molecule is C=CCNC(=O)C(=O)C(CCC)NC(=O)[C@@H]1[C@@H]2C(CN1C(=O)[C@@H](NC(=O)NC1(CS(=O)(=O)C(C)(C)C)CCCCC1)C1(C)CCCC1)C2(C)C. The molecule has 0 bridgehead atoms. The van der Waals surface area contributed by atoms with Crippen LogP contribution >= 0.6 is 0 Å². The van der Waals surface area contributed by atoms with Crippen LogP contribution in [0.25, 0.3) is 0 Å². The molecule has 4 fully saturated rings. The smallest absolute Gasteiger partial charge is 0.315 e. The molecule has 0 spiro atoms. The van der Waals surface area contributed by atoms with Gasteiger partial charge in [-0.25, -0.2) is 13.2 Å². The predicted molar refractivity (Wildman–Crippen MR) is 193 cm³/mol. The fourth-order valence-corrected chi connectivity index (χ4v) is 10.3. The number of hydrogen-bond donors (Lipinski definition) is 4. The van der Waals surface area contributed by atoms with Crippen molar-refractivity contribution >= 4 is 39.4 Å². The maximum atomic E-state index is 14.7. The number of amides is 5. The lowest BCUT2D eigenvalue weighted by atomic mass is 9.79. The van der Waals surface area contributed by atoms with Crippen molar-refractivity contribution in [3.63, 3.8) is 0 Å². The number of sulfone groups is 1. The molecular formula is C37H61N5O7S. The van der Waals surface area contributed by atoms with Gasteiger partial charge in [0, 0.05) is 13.1 Å². The first kappa shape index (κ1) is 39.8. The normalized spacial score (nSPS) is 26.1. The zero-order valence-electron chi connectivity index (χ0n) is 31.3. The van der Waals surface area contributed by atoms with E-state index >= 15 is 0 Å². The lowest BCUT2D eigenvalue weighted by Crippen LogP contribution is -2.64. The zero-order chi connectivity index (χ0) is 37.3. The molecular weight excluding hydrogens is 659 g/mol. The third-order valence-corrected chi connectivity index (χ3v) is 15.0. The van der Waals surface area contributed by atoms with Gasteiger partial charge >= 0.3 is 6.03 Å². The first-order valence-electron chi connectivity index (χ1n) is 18.6. The summed E-state index contributed by atoms with van der Waals surface area (Å²) in [4.78, 5) is 70.0. The Bertz CT molecular complexity index is 1440. The van der Waals surface area contributed by atoms with Crippen molar-refractivity contribution in [2.75, 3.05) is 18.8 Å². The van der Waals surface area contributed by atoms with E-state index in [-0.39, 0.29) is 41.9 Å². The average molecular weight is 720 g/mol. The first-order valence-corrected chi connectivity index (χ1v) is 20.2. The predicted octanol–water partition coefficient (Wildman–Crippen LogP) is 3.79. The summed E-state index contributed by atoms with van der Waals surface area (Å²) in [5, 5.41) is 11.4. The van der Waals surface area contributed by atoms with Crippen molar-refractivity contribution in [3.05, 3.63) is 12.7 Å². The standard InChI is InChI=1S/C37H61N5O7S/c1-9-16-25(28(43)31(45)38-21-10-2)39-30(44)27-26-24(35(26,6)7)22-42(27)32(46)29(36(8)17-14-15-18-36)40-33(47)41-37(19-12-11-13-20-37)23-50(48,49)34(3,4)5/h10,24-27,29H,2,9,11-23H2,1,3-8H3,(H,38,45)(H,39,44)(H2,40,41,47)/t24?,25?,26-,27-,29+/m0/s1. The van der Waals surface area contributed by atoms with Crippen molar-refractivity contribution in [3.8, 4) is 0 Å². The minimum Gasteiger partial charge on any atom is -0.346 e. The number of piperidine rings is 1. The number of carbonyl (C=O) groups excluding carboxylic acids is 5. The Kier molecular flexibility index (Phi) is 11.9. The Hall–Kier alpha value is -2.96. The molecule has 4 rings (SSSR count). The van der Waals surface area contributed by atoms with E-state index in [4.69, 9.17) is 0 Å². The number of urea groups is 1. The summed E-state index contributed by atoms with van der Waals surface area (Å²) < 4.78 is 25.8. The highest BCUT2D eigenvalue weighted by atomic mass is 32.2. The highest BCUT2D eigenvalue weighted by Gasteiger charge is 2.70. The fourth-order valence-electron chi connectivity index (χ4n) is 8.73. The highest BCUT2D eigenvalue weighted by molar-refractivity contribution is 7.92. The number of likely N-dealkylation sites (tertiary alicyclic amines) is 1. The van der Waals surface area contributed by atoms with Crippen LogP contribution in [0.5, 0.6) is 0 Å². The van der Waals surface area contributed by atoms with Gasteiger partial charge in [0.1, 0.15) is 12.1 Å². The number of carbonyl (C=O) groups is 5. The molecule has 4 aliphatic rings. The Balaban J connectivity index is 1.59. The highest BCUT2D eigenvalue weighted by Crippen LogP contribution is 2.65.